The van der Waals surface area contributed by atoms with Crippen molar-refractivity contribution < 1.29 is 13.2 Å². The van der Waals surface area contributed by atoms with E-state index in [1.54, 1.807) is 24.3 Å². The second kappa shape index (κ2) is 7.03. The van der Waals surface area contributed by atoms with Crippen LogP contribution in [0.2, 0.25) is 0 Å². The van der Waals surface area contributed by atoms with Crippen LogP contribution in [0.5, 0.6) is 0 Å². The van der Waals surface area contributed by atoms with Gasteiger partial charge >= 0.3 is 0 Å². The summed E-state index contributed by atoms with van der Waals surface area (Å²) in [4.78, 5) is 2.32. The Morgan fingerprint density at radius 2 is 1.67 bits per heavy atom. The molecule has 8 heteroatoms. The lowest BCUT2D eigenvalue weighted by atomic mass is 9.97. The first-order valence-corrected chi connectivity index (χ1v) is 10.4. The van der Waals surface area contributed by atoms with Crippen molar-refractivity contribution in [2.24, 2.45) is 10.3 Å². The van der Waals surface area contributed by atoms with Crippen molar-refractivity contribution in [2.45, 2.75) is 17.5 Å². The molecule has 1 saturated heterocycles. The summed E-state index contributed by atoms with van der Waals surface area (Å²) in [5.74, 6) is 0. The molecule has 0 spiro atoms. The minimum atomic E-state index is -3.87. The summed E-state index contributed by atoms with van der Waals surface area (Å²) in [5, 5.41) is 8.27. The Bertz CT molecular complexity index is 925. The number of benzene rings is 2. The molecule has 1 fully saturated rings. The molecule has 0 aliphatic carbocycles. The molecular weight excluding hydrogens is 364 g/mol. The van der Waals surface area contributed by atoms with E-state index in [0.717, 1.165) is 11.1 Å². The summed E-state index contributed by atoms with van der Waals surface area (Å²) in [6, 6.07) is 16.4. The Labute approximate surface area is 159 Å². The Kier molecular flexibility index (Phi) is 4.71. The first-order valence-electron chi connectivity index (χ1n) is 8.93. The predicted molar refractivity (Wildman–Crippen MR) is 100 cm³/mol. The van der Waals surface area contributed by atoms with E-state index < -0.39 is 15.7 Å². The molecule has 0 amide bonds. The Morgan fingerprint density at radius 1 is 1.00 bits per heavy atom. The number of hydrogen-bond acceptors (Lipinski definition) is 6. The maximum Gasteiger partial charge on any atom is 0.282 e. The van der Waals surface area contributed by atoms with E-state index in [2.05, 4.69) is 15.2 Å². The average molecular weight is 386 g/mol. The van der Waals surface area contributed by atoms with Crippen LogP contribution < -0.4 is 0 Å². The summed E-state index contributed by atoms with van der Waals surface area (Å²) in [7, 11) is -3.87. The Morgan fingerprint density at radius 3 is 2.33 bits per heavy atom. The highest BCUT2D eigenvalue weighted by molar-refractivity contribution is 7.89. The van der Waals surface area contributed by atoms with Crippen LogP contribution in [0.3, 0.4) is 0 Å². The summed E-state index contributed by atoms with van der Waals surface area (Å²) >= 11 is 0. The van der Waals surface area contributed by atoms with Crippen LogP contribution >= 0.6 is 0 Å². The number of sulfonamides is 1. The van der Waals surface area contributed by atoms with Gasteiger partial charge < -0.3 is 4.74 Å². The first-order chi connectivity index (χ1) is 13.0. The number of aryl methyl sites for hydroxylation is 1. The van der Waals surface area contributed by atoms with Gasteiger partial charge in [-0.05, 0) is 24.6 Å². The van der Waals surface area contributed by atoms with E-state index in [4.69, 9.17) is 4.74 Å². The highest BCUT2D eigenvalue weighted by Gasteiger charge is 2.53. The maximum absolute atomic E-state index is 13.5. The van der Waals surface area contributed by atoms with Gasteiger partial charge in [0.2, 0.25) is 0 Å². The molecule has 1 unspecified atom stereocenters. The van der Waals surface area contributed by atoms with Gasteiger partial charge in [0.15, 0.2) is 5.66 Å². The third-order valence-corrected chi connectivity index (χ3v) is 6.77. The van der Waals surface area contributed by atoms with Crippen LogP contribution in [0.4, 0.5) is 0 Å². The molecule has 1 atom stereocenters. The van der Waals surface area contributed by atoms with E-state index in [0.29, 0.717) is 26.3 Å². The summed E-state index contributed by atoms with van der Waals surface area (Å²) in [6.45, 7) is 4.50. The number of rotatable bonds is 4. The van der Waals surface area contributed by atoms with Gasteiger partial charge in [-0.2, -0.15) is 13.5 Å². The summed E-state index contributed by atoms with van der Waals surface area (Å²) in [5.41, 5.74) is 0.876. The number of nitrogens with zero attached hydrogens (tertiary/aromatic N) is 4. The van der Waals surface area contributed by atoms with Crippen LogP contribution in [0.25, 0.3) is 0 Å². The predicted octanol–water partition coefficient (Wildman–Crippen LogP) is 2.55. The number of hydrogen-bond donors (Lipinski definition) is 0. The molecule has 0 N–H and O–H groups in total. The van der Waals surface area contributed by atoms with Crippen LogP contribution in [0.15, 0.2) is 69.8 Å². The van der Waals surface area contributed by atoms with Crippen molar-refractivity contribution in [3.8, 4) is 0 Å². The first kappa shape index (κ1) is 18.1. The van der Waals surface area contributed by atoms with Gasteiger partial charge in [0.1, 0.15) is 6.54 Å². The van der Waals surface area contributed by atoms with Crippen molar-refractivity contribution in [1.29, 1.82) is 0 Å². The standard InChI is InChI=1S/C19H22N4O3S/c1-16-7-9-18(10-8-16)27(24,25)23-19(15-20-21-23,17-5-3-2-4-6-17)22-11-13-26-14-12-22/h2-10H,11-15H2,1H3. The number of ether oxygens (including phenoxy) is 1. The molecule has 0 saturated carbocycles. The molecule has 0 aromatic heterocycles. The van der Waals surface area contributed by atoms with Crippen molar-refractivity contribution in [1.82, 2.24) is 9.31 Å². The van der Waals surface area contributed by atoms with E-state index in [9.17, 15) is 8.42 Å². The van der Waals surface area contributed by atoms with Crippen LogP contribution in [0.1, 0.15) is 11.1 Å². The smallest absolute Gasteiger partial charge is 0.282 e. The zero-order valence-corrected chi connectivity index (χ0v) is 16.0. The van der Waals surface area contributed by atoms with Crippen molar-refractivity contribution in [2.75, 3.05) is 32.8 Å². The third kappa shape index (κ3) is 3.03. The third-order valence-electron chi connectivity index (χ3n) is 5.07. The van der Waals surface area contributed by atoms with Gasteiger partial charge in [-0.15, -0.1) is 4.41 Å². The van der Waals surface area contributed by atoms with Gasteiger partial charge in [-0.25, -0.2) is 0 Å². The van der Waals surface area contributed by atoms with Gasteiger partial charge in [0, 0.05) is 13.1 Å². The quantitative estimate of drug-likeness (QED) is 0.809. The molecule has 0 radical (unpaired) electrons. The van der Waals surface area contributed by atoms with Gasteiger partial charge in [0.25, 0.3) is 10.0 Å². The highest BCUT2D eigenvalue weighted by atomic mass is 32.2. The zero-order valence-electron chi connectivity index (χ0n) is 15.2. The van der Waals surface area contributed by atoms with Crippen molar-refractivity contribution in [3.63, 3.8) is 0 Å². The van der Waals surface area contributed by atoms with E-state index in [1.807, 2.05) is 37.3 Å². The lowest BCUT2D eigenvalue weighted by Crippen LogP contribution is -2.60. The molecular formula is C19H22N4O3S. The van der Waals surface area contributed by atoms with Crippen molar-refractivity contribution >= 4 is 10.0 Å². The average Bonchev–Trinajstić information content (AvgIpc) is 3.17. The fourth-order valence-corrected chi connectivity index (χ4v) is 5.13. The van der Waals surface area contributed by atoms with Gasteiger partial charge in [-0.1, -0.05) is 53.3 Å². The summed E-state index contributed by atoms with van der Waals surface area (Å²) in [6.07, 6.45) is 0. The Hall–Kier alpha value is -2.29. The van der Waals surface area contributed by atoms with Crippen LogP contribution in [0, 0.1) is 6.92 Å². The van der Waals surface area contributed by atoms with E-state index in [1.165, 1.54) is 4.41 Å². The fraction of sp³-hybridized carbons (Fsp3) is 0.368. The topological polar surface area (TPSA) is 74.6 Å². The molecule has 2 aliphatic heterocycles. The molecule has 142 valence electrons. The normalized spacial score (nSPS) is 23.7. The Balaban J connectivity index is 1.84. The lowest BCUT2D eigenvalue weighted by Gasteiger charge is -2.45. The minimum absolute atomic E-state index is 0.211. The molecule has 4 rings (SSSR count). The fourth-order valence-electron chi connectivity index (χ4n) is 3.62. The number of morpholine rings is 1. The SMILES string of the molecule is Cc1ccc(S(=O)(=O)N2N=NCC2(c2ccccc2)N2CCOCC2)cc1. The molecule has 2 aromatic carbocycles. The molecule has 27 heavy (non-hydrogen) atoms. The van der Waals surface area contributed by atoms with Crippen molar-refractivity contribution in [3.05, 3.63) is 65.7 Å². The zero-order chi connectivity index (χ0) is 18.9. The second-order valence-electron chi connectivity index (χ2n) is 6.73. The molecule has 2 heterocycles. The second-order valence-corrected chi connectivity index (χ2v) is 8.50. The molecule has 7 nitrogen and oxygen atoms in total. The van der Waals surface area contributed by atoms with E-state index >= 15 is 0 Å². The van der Waals surface area contributed by atoms with Crippen LogP contribution in [-0.4, -0.2) is 50.6 Å². The monoisotopic (exact) mass is 386 g/mol. The largest absolute Gasteiger partial charge is 0.379 e. The molecule has 2 aliphatic rings. The molecule has 0 bridgehead atoms. The highest BCUT2D eigenvalue weighted by Crippen LogP contribution is 2.41. The summed E-state index contributed by atoms with van der Waals surface area (Å²) < 4.78 is 33.7. The maximum atomic E-state index is 13.5. The minimum Gasteiger partial charge on any atom is -0.379 e. The van der Waals surface area contributed by atoms with Crippen LogP contribution in [-0.2, 0) is 20.4 Å². The lowest BCUT2D eigenvalue weighted by molar-refractivity contribution is -0.0594. The molecule has 2 aromatic rings. The van der Waals surface area contributed by atoms with E-state index in [-0.39, 0.29) is 11.4 Å². The van der Waals surface area contributed by atoms with Gasteiger partial charge in [-0.3, -0.25) is 4.90 Å². The van der Waals surface area contributed by atoms with Gasteiger partial charge in [0.05, 0.1) is 18.1 Å².